The van der Waals surface area contributed by atoms with E-state index in [2.05, 4.69) is 31.7 Å². The van der Waals surface area contributed by atoms with Crippen molar-refractivity contribution in [2.24, 2.45) is 0 Å². The number of thiocarbonyl (C=S) groups is 1. The normalized spacial score (nSPS) is 10.3. The maximum atomic E-state index is 5.91. The quantitative estimate of drug-likeness (QED) is 0.620. The Bertz CT molecular complexity index is 587. The maximum absolute atomic E-state index is 5.91. The summed E-state index contributed by atoms with van der Waals surface area (Å²) < 4.78 is 2.88. The van der Waals surface area contributed by atoms with Crippen LogP contribution < -0.4 is 10.6 Å². The summed E-state index contributed by atoms with van der Waals surface area (Å²) in [6, 6.07) is 7.45. The van der Waals surface area contributed by atoms with Gasteiger partial charge in [-0.2, -0.15) is 5.10 Å². The fraction of sp³-hybridized carbons (Fsp3) is 0.231. The number of aromatic nitrogens is 2. The highest BCUT2D eigenvalue weighted by Gasteiger charge is 1.99. The van der Waals surface area contributed by atoms with Gasteiger partial charge in [0.2, 0.25) is 0 Å². The SMILES string of the molecule is S=C(NCCCn1cc(Br)cn1)Nc1cccc(Cl)c1. The topological polar surface area (TPSA) is 41.9 Å². The summed E-state index contributed by atoms with van der Waals surface area (Å²) in [6.07, 6.45) is 4.66. The number of benzene rings is 1. The van der Waals surface area contributed by atoms with Gasteiger partial charge in [-0.25, -0.2) is 0 Å². The first kappa shape index (κ1) is 15.3. The summed E-state index contributed by atoms with van der Waals surface area (Å²) >= 11 is 14.5. The van der Waals surface area contributed by atoms with E-state index in [0.29, 0.717) is 10.1 Å². The number of halogens is 2. The van der Waals surface area contributed by atoms with Gasteiger partial charge in [0, 0.05) is 30.0 Å². The molecule has 4 nitrogen and oxygen atoms in total. The highest BCUT2D eigenvalue weighted by atomic mass is 79.9. The lowest BCUT2D eigenvalue weighted by Crippen LogP contribution is -2.29. The minimum absolute atomic E-state index is 0.592. The molecule has 1 aromatic carbocycles. The van der Waals surface area contributed by atoms with Gasteiger partial charge in [0.25, 0.3) is 0 Å². The summed E-state index contributed by atoms with van der Waals surface area (Å²) in [5.74, 6) is 0. The van der Waals surface area contributed by atoms with E-state index in [4.69, 9.17) is 23.8 Å². The van der Waals surface area contributed by atoms with E-state index in [1.54, 1.807) is 6.20 Å². The summed E-state index contributed by atoms with van der Waals surface area (Å²) in [5, 5.41) is 11.7. The fourth-order valence-electron chi connectivity index (χ4n) is 1.65. The molecule has 0 saturated carbocycles. The van der Waals surface area contributed by atoms with Gasteiger partial charge in [-0.3, -0.25) is 4.68 Å². The number of anilines is 1. The van der Waals surface area contributed by atoms with Crippen LogP contribution in [0.15, 0.2) is 41.1 Å². The number of nitrogens with one attached hydrogen (secondary N) is 2. The van der Waals surface area contributed by atoms with Gasteiger partial charge in [0.15, 0.2) is 5.11 Å². The Morgan fingerprint density at radius 1 is 1.45 bits per heavy atom. The first-order chi connectivity index (χ1) is 9.63. The highest BCUT2D eigenvalue weighted by Crippen LogP contribution is 2.14. The minimum Gasteiger partial charge on any atom is -0.362 e. The molecule has 0 fully saturated rings. The molecule has 7 heteroatoms. The lowest BCUT2D eigenvalue weighted by molar-refractivity contribution is 0.573. The van der Waals surface area contributed by atoms with Crippen LogP contribution in [0.3, 0.4) is 0 Å². The standard InChI is InChI=1S/C13H14BrClN4S/c14-10-8-17-19(9-10)6-2-5-16-13(20)18-12-4-1-3-11(15)7-12/h1,3-4,7-9H,2,5-6H2,(H2,16,18,20). The van der Waals surface area contributed by atoms with Crippen LogP contribution in [0, 0.1) is 0 Å². The van der Waals surface area contributed by atoms with Crippen molar-refractivity contribution in [1.82, 2.24) is 15.1 Å². The van der Waals surface area contributed by atoms with E-state index in [0.717, 1.165) is 29.7 Å². The first-order valence-corrected chi connectivity index (χ1v) is 7.70. The van der Waals surface area contributed by atoms with E-state index in [1.165, 1.54) is 0 Å². The molecule has 20 heavy (non-hydrogen) atoms. The molecule has 0 aliphatic rings. The van der Waals surface area contributed by atoms with Gasteiger partial charge in [0.1, 0.15) is 0 Å². The number of rotatable bonds is 5. The first-order valence-electron chi connectivity index (χ1n) is 6.12. The molecule has 1 heterocycles. The molecule has 0 saturated heterocycles. The van der Waals surface area contributed by atoms with Gasteiger partial charge in [0.05, 0.1) is 10.7 Å². The van der Waals surface area contributed by atoms with Crippen molar-refractivity contribution in [3.8, 4) is 0 Å². The van der Waals surface area contributed by atoms with Crippen LogP contribution in [0.5, 0.6) is 0 Å². The Balaban J connectivity index is 1.67. The Kier molecular flexibility index (Phi) is 5.82. The zero-order chi connectivity index (χ0) is 14.4. The van der Waals surface area contributed by atoms with Gasteiger partial charge in [-0.05, 0) is 52.8 Å². The molecule has 0 atom stereocenters. The van der Waals surface area contributed by atoms with Crippen molar-refractivity contribution >= 4 is 50.5 Å². The lowest BCUT2D eigenvalue weighted by atomic mass is 10.3. The van der Waals surface area contributed by atoms with Crippen molar-refractivity contribution in [3.63, 3.8) is 0 Å². The van der Waals surface area contributed by atoms with Crippen LogP contribution in [-0.4, -0.2) is 21.4 Å². The molecule has 0 radical (unpaired) electrons. The molecule has 106 valence electrons. The van der Waals surface area contributed by atoms with Crippen LogP contribution in [0.2, 0.25) is 5.02 Å². The van der Waals surface area contributed by atoms with Gasteiger partial charge >= 0.3 is 0 Å². The molecule has 0 aliphatic heterocycles. The molecule has 0 spiro atoms. The summed E-state index contributed by atoms with van der Waals surface area (Å²) in [7, 11) is 0. The van der Waals surface area contributed by atoms with Crippen molar-refractivity contribution in [2.75, 3.05) is 11.9 Å². The molecule has 0 aliphatic carbocycles. The van der Waals surface area contributed by atoms with E-state index < -0.39 is 0 Å². The molecule has 1 aromatic heterocycles. The second-order valence-corrected chi connectivity index (χ2v) is 5.93. The lowest BCUT2D eigenvalue weighted by Gasteiger charge is -2.10. The molecule has 2 aromatic rings. The maximum Gasteiger partial charge on any atom is 0.170 e. The number of aryl methyl sites for hydroxylation is 1. The molecule has 0 unspecified atom stereocenters. The molecule has 0 amide bonds. The average Bonchev–Trinajstić information content (AvgIpc) is 2.80. The van der Waals surface area contributed by atoms with Crippen molar-refractivity contribution in [1.29, 1.82) is 0 Å². The average molecular weight is 374 g/mol. The summed E-state index contributed by atoms with van der Waals surface area (Å²) in [5.41, 5.74) is 0.881. The van der Waals surface area contributed by atoms with Gasteiger partial charge in [-0.1, -0.05) is 17.7 Å². The van der Waals surface area contributed by atoms with E-state index in [-0.39, 0.29) is 0 Å². The minimum atomic E-state index is 0.592. The van der Waals surface area contributed by atoms with E-state index >= 15 is 0 Å². The van der Waals surface area contributed by atoms with Crippen LogP contribution in [0.4, 0.5) is 5.69 Å². The Labute approximate surface area is 136 Å². The Morgan fingerprint density at radius 3 is 3.00 bits per heavy atom. The van der Waals surface area contributed by atoms with Crippen molar-refractivity contribution < 1.29 is 0 Å². The van der Waals surface area contributed by atoms with Gasteiger partial charge in [-0.15, -0.1) is 0 Å². The largest absolute Gasteiger partial charge is 0.362 e. The predicted molar refractivity (Wildman–Crippen MR) is 90.2 cm³/mol. The van der Waals surface area contributed by atoms with E-state index in [1.807, 2.05) is 35.1 Å². The summed E-state index contributed by atoms with van der Waals surface area (Å²) in [4.78, 5) is 0. The number of hydrogen-bond acceptors (Lipinski definition) is 2. The fourth-order valence-corrected chi connectivity index (χ4v) is 2.38. The third-order valence-electron chi connectivity index (χ3n) is 2.53. The molecular weight excluding hydrogens is 360 g/mol. The smallest absolute Gasteiger partial charge is 0.170 e. The van der Waals surface area contributed by atoms with Crippen LogP contribution in [-0.2, 0) is 6.54 Å². The molecule has 0 bridgehead atoms. The van der Waals surface area contributed by atoms with Crippen molar-refractivity contribution in [3.05, 3.63) is 46.2 Å². The third kappa shape index (κ3) is 5.11. The van der Waals surface area contributed by atoms with Crippen LogP contribution in [0.25, 0.3) is 0 Å². The molecular formula is C13H14BrClN4S. The second-order valence-electron chi connectivity index (χ2n) is 4.17. The van der Waals surface area contributed by atoms with Crippen LogP contribution >= 0.6 is 39.7 Å². The zero-order valence-corrected chi connectivity index (χ0v) is 13.8. The number of hydrogen-bond donors (Lipinski definition) is 2. The predicted octanol–water partition coefficient (Wildman–Crippen LogP) is 3.68. The van der Waals surface area contributed by atoms with Gasteiger partial charge < -0.3 is 10.6 Å². The monoisotopic (exact) mass is 372 g/mol. The summed E-state index contributed by atoms with van der Waals surface area (Å²) in [6.45, 7) is 1.63. The number of nitrogens with zero attached hydrogens (tertiary/aromatic N) is 2. The zero-order valence-electron chi connectivity index (χ0n) is 10.6. The molecule has 2 rings (SSSR count). The molecule has 2 N–H and O–H groups in total. The Morgan fingerprint density at radius 2 is 2.30 bits per heavy atom. The second kappa shape index (κ2) is 7.61. The van der Waals surface area contributed by atoms with Crippen molar-refractivity contribution in [2.45, 2.75) is 13.0 Å². The third-order valence-corrected chi connectivity index (χ3v) is 3.42. The highest BCUT2D eigenvalue weighted by molar-refractivity contribution is 9.10. The van der Waals surface area contributed by atoms with Crippen LogP contribution in [0.1, 0.15) is 6.42 Å². The Hall–Kier alpha value is -1.11. The van der Waals surface area contributed by atoms with E-state index in [9.17, 15) is 0 Å².